The smallest absolute Gasteiger partial charge is 0.260 e. The number of unbranched alkanes of at least 4 members (excludes halogenated alkanes) is 1. The molecule has 1 aromatic heterocycles. The summed E-state index contributed by atoms with van der Waals surface area (Å²) in [6.45, 7) is 10.8. The molecule has 0 saturated heterocycles. The highest BCUT2D eigenvalue weighted by Crippen LogP contribution is 2.28. The van der Waals surface area contributed by atoms with E-state index in [9.17, 15) is 4.79 Å². The number of amides is 1. The lowest BCUT2D eigenvalue weighted by molar-refractivity contribution is -0.127. The summed E-state index contributed by atoms with van der Waals surface area (Å²) in [5.74, 6) is 1.10. The zero-order valence-electron chi connectivity index (χ0n) is 16.5. The van der Waals surface area contributed by atoms with Gasteiger partial charge < -0.3 is 10.1 Å². The molecular formula is C21H30N2O2S. The Bertz CT molecular complexity index is 725. The van der Waals surface area contributed by atoms with Crippen LogP contribution in [0.15, 0.2) is 23.6 Å². The van der Waals surface area contributed by atoms with Gasteiger partial charge in [0.15, 0.2) is 6.10 Å². The van der Waals surface area contributed by atoms with Crippen molar-refractivity contribution in [2.45, 2.75) is 65.9 Å². The van der Waals surface area contributed by atoms with Gasteiger partial charge in [0.05, 0.1) is 5.01 Å². The first kappa shape index (κ1) is 20.4. The van der Waals surface area contributed by atoms with Crippen molar-refractivity contribution < 1.29 is 9.53 Å². The van der Waals surface area contributed by atoms with Crippen molar-refractivity contribution >= 4 is 17.2 Å². The number of aromatic nitrogens is 1. The summed E-state index contributed by atoms with van der Waals surface area (Å²) in [5, 5.41) is 6.23. The lowest BCUT2D eigenvalue weighted by Gasteiger charge is -2.19. The molecule has 2 aromatic rings. The molecule has 0 saturated carbocycles. The van der Waals surface area contributed by atoms with Crippen LogP contribution in [-0.4, -0.2) is 23.5 Å². The molecule has 4 nitrogen and oxygen atoms in total. The summed E-state index contributed by atoms with van der Waals surface area (Å²) < 4.78 is 5.96. The summed E-state index contributed by atoms with van der Waals surface area (Å²) in [6.07, 6.45) is 2.44. The molecule has 0 aliphatic carbocycles. The number of nitrogens with zero attached hydrogens (tertiary/aromatic N) is 1. The van der Waals surface area contributed by atoms with Gasteiger partial charge in [-0.3, -0.25) is 4.79 Å². The van der Waals surface area contributed by atoms with E-state index in [1.807, 2.05) is 19.9 Å². The van der Waals surface area contributed by atoms with Crippen LogP contribution in [0.25, 0.3) is 0 Å². The summed E-state index contributed by atoms with van der Waals surface area (Å²) in [7, 11) is 0. The number of carbonyl (C=O) groups excluding carboxylic acids is 1. The standard InChI is InChI=1S/C21H30N2O2S/c1-14(2)18-10-9-15(3)12-19(18)25-17(5)21(24)22-11-7-6-8-20-23-16(4)13-26-20/h9-10,12-14,17H,6-8,11H2,1-5H3,(H,22,24). The third-order valence-electron chi connectivity index (χ3n) is 4.25. The van der Waals surface area contributed by atoms with Crippen LogP contribution >= 0.6 is 11.3 Å². The van der Waals surface area contributed by atoms with E-state index >= 15 is 0 Å². The van der Waals surface area contributed by atoms with Crippen molar-refractivity contribution in [3.05, 3.63) is 45.4 Å². The minimum atomic E-state index is -0.504. The molecule has 142 valence electrons. The first-order valence-electron chi connectivity index (χ1n) is 9.32. The third kappa shape index (κ3) is 6.13. The highest BCUT2D eigenvalue weighted by atomic mass is 32.1. The second-order valence-corrected chi connectivity index (χ2v) is 8.03. The Labute approximate surface area is 161 Å². The second kappa shape index (κ2) is 9.72. The topological polar surface area (TPSA) is 51.2 Å². The van der Waals surface area contributed by atoms with Gasteiger partial charge in [0.1, 0.15) is 5.75 Å². The molecule has 0 aliphatic heterocycles. The summed E-state index contributed by atoms with van der Waals surface area (Å²) in [5.41, 5.74) is 3.35. The van der Waals surface area contributed by atoms with E-state index in [1.54, 1.807) is 18.3 Å². The molecule has 1 aromatic carbocycles. The Balaban J connectivity index is 1.76. The Morgan fingerprint density at radius 3 is 2.65 bits per heavy atom. The molecule has 0 bridgehead atoms. The fraction of sp³-hybridized carbons (Fsp3) is 0.524. The quantitative estimate of drug-likeness (QED) is 0.642. The van der Waals surface area contributed by atoms with Crippen LogP contribution in [0.4, 0.5) is 0 Å². The van der Waals surface area contributed by atoms with Crippen LogP contribution in [0.3, 0.4) is 0 Å². The minimum absolute atomic E-state index is 0.0636. The minimum Gasteiger partial charge on any atom is -0.481 e. The predicted molar refractivity (Wildman–Crippen MR) is 108 cm³/mol. The first-order valence-corrected chi connectivity index (χ1v) is 10.2. The van der Waals surface area contributed by atoms with E-state index < -0.39 is 6.10 Å². The maximum atomic E-state index is 12.3. The molecule has 1 atom stereocenters. The number of carbonyl (C=O) groups is 1. The molecular weight excluding hydrogens is 344 g/mol. The SMILES string of the molecule is Cc1ccc(C(C)C)c(OC(C)C(=O)NCCCCc2nc(C)cs2)c1. The molecule has 1 N–H and O–H groups in total. The zero-order chi connectivity index (χ0) is 19.1. The van der Waals surface area contributed by atoms with E-state index in [0.29, 0.717) is 12.5 Å². The van der Waals surface area contributed by atoms with Gasteiger partial charge in [0.2, 0.25) is 0 Å². The lowest BCUT2D eigenvalue weighted by Crippen LogP contribution is -2.37. The molecule has 1 amide bonds. The van der Waals surface area contributed by atoms with Gasteiger partial charge in [-0.05, 0) is 63.1 Å². The Kier molecular flexibility index (Phi) is 7.64. The fourth-order valence-electron chi connectivity index (χ4n) is 2.74. The number of ether oxygens (including phenoxy) is 1. The van der Waals surface area contributed by atoms with E-state index in [-0.39, 0.29) is 5.91 Å². The fourth-order valence-corrected chi connectivity index (χ4v) is 3.56. The number of benzene rings is 1. The number of rotatable bonds is 9. The Morgan fingerprint density at radius 1 is 1.23 bits per heavy atom. The average Bonchev–Trinajstić information content (AvgIpc) is 2.99. The number of hydrogen-bond donors (Lipinski definition) is 1. The van der Waals surface area contributed by atoms with Crippen LogP contribution in [-0.2, 0) is 11.2 Å². The summed E-state index contributed by atoms with van der Waals surface area (Å²) >= 11 is 1.71. The number of hydrogen-bond acceptors (Lipinski definition) is 4. The van der Waals surface area contributed by atoms with Gasteiger partial charge in [0, 0.05) is 17.6 Å². The van der Waals surface area contributed by atoms with Crippen LogP contribution < -0.4 is 10.1 Å². The Hall–Kier alpha value is -1.88. The number of nitrogens with one attached hydrogen (secondary N) is 1. The van der Waals surface area contributed by atoms with Crippen molar-refractivity contribution in [2.24, 2.45) is 0 Å². The van der Waals surface area contributed by atoms with Crippen LogP contribution in [0.5, 0.6) is 5.75 Å². The summed E-state index contributed by atoms with van der Waals surface area (Å²) in [4.78, 5) is 16.8. The monoisotopic (exact) mass is 374 g/mol. The molecule has 2 rings (SSSR count). The van der Waals surface area contributed by atoms with Gasteiger partial charge >= 0.3 is 0 Å². The number of aryl methyl sites for hydroxylation is 3. The lowest BCUT2D eigenvalue weighted by atomic mass is 10.0. The van der Waals surface area contributed by atoms with E-state index in [4.69, 9.17) is 4.74 Å². The molecule has 0 fully saturated rings. The van der Waals surface area contributed by atoms with Crippen LogP contribution in [0.1, 0.15) is 61.4 Å². The van der Waals surface area contributed by atoms with Gasteiger partial charge in [0.25, 0.3) is 5.91 Å². The highest BCUT2D eigenvalue weighted by Gasteiger charge is 2.17. The maximum Gasteiger partial charge on any atom is 0.260 e. The van der Waals surface area contributed by atoms with Gasteiger partial charge in [-0.25, -0.2) is 4.98 Å². The van der Waals surface area contributed by atoms with Gasteiger partial charge in [-0.1, -0.05) is 26.0 Å². The summed E-state index contributed by atoms with van der Waals surface area (Å²) in [6, 6.07) is 6.17. The number of thiazole rings is 1. The van der Waals surface area contributed by atoms with E-state index in [0.717, 1.165) is 41.8 Å². The van der Waals surface area contributed by atoms with Crippen molar-refractivity contribution in [1.29, 1.82) is 0 Å². The third-order valence-corrected chi connectivity index (χ3v) is 5.27. The Morgan fingerprint density at radius 2 is 2.00 bits per heavy atom. The molecule has 1 unspecified atom stereocenters. The zero-order valence-corrected chi connectivity index (χ0v) is 17.3. The molecule has 1 heterocycles. The van der Waals surface area contributed by atoms with E-state index in [1.165, 1.54) is 5.01 Å². The van der Waals surface area contributed by atoms with Crippen molar-refractivity contribution in [1.82, 2.24) is 10.3 Å². The van der Waals surface area contributed by atoms with Crippen LogP contribution in [0, 0.1) is 13.8 Å². The molecule has 5 heteroatoms. The van der Waals surface area contributed by atoms with E-state index in [2.05, 4.69) is 41.7 Å². The average molecular weight is 375 g/mol. The van der Waals surface area contributed by atoms with Crippen molar-refractivity contribution in [2.75, 3.05) is 6.54 Å². The van der Waals surface area contributed by atoms with Gasteiger partial charge in [-0.2, -0.15) is 0 Å². The van der Waals surface area contributed by atoms with Crippen LogP contribution in [0.2, 0.25) is 0 Å². The molecule has 0 spiro atoms. The van der Waals surface area contributed by atoms with Crippen molar-refractivity contribution in [3.63, 3.8) is 0 Å². The highest BCUT2D eigenvalue weighted by molar-refractivity contribution is 7.09. The molecule has 26 heavy (non-hydrogen) atoms. The first-order chi connectivity index (χ1) is 12.4. The predicted octanol–water partition coefficient (Wildman–Crippen LogP) is 4.79. The molecule has 0 radical (unpaired) electrons. The molecule has 0 aliphatic rings. The van der Waals surface area contributed by atoms with Crippen molar-refractivity contribution in [3.8, 4) is 5.75 Å². The maximum absolute atomic E-state index is 12.3. The van der Waals surface area contributed by atoms with Gasteiger partial charge in [-0.15, -0.1) is 11.3 Å². The normalized spacial score (nSPS) is 12.2. The largest absolute Gasteiger partial charge is 0.481 e. The second-order valence-electron chi connectivity index (χ2n) is 7.09.